The quantitative estimate of drug-likeness (QED) is 0.562. The zero-order valence-corrected chi connectivity index (χ0v) is 6.90. The molecule has 9 heavy (non-hydrogen) atoms. The fourth-order valence-electron chi connectivity index (χ4n) is 0.894. The Bertz CT molecular complexity index is 99.1. The Morgan fingerprint density at radius 1 is 1.56 bits per heavy atom. The molecule has 1 atom stereocenters. The second-order valence-electron chi connectivity index (χ2n) is 2.56. The minimum atomic E-state index is -0.201. The summed E-state index contributed by atoms with van der Waals surface area (Å²) in [5, 5.41) is -0.201. The van der Waals surface area contributed by atoms with E-state index in [1.165, 1.54) is 0 Å². The molecule has 0 aromatic carbocycles. The third-order valence-corrected chi connectivity index (χ3v) is 1.82. The van der Waals surface area contributed by atoms with Crippen molar-refractivity contribution in [2.75, 3.05) is 0 Å². The van der Waals surface area contributed by atoms with E-state index in [1.54, 1.807) is 0 Å². The number of hydrogen-bond donors (Lipinski definition) is 0. The maximum Gasteiger partial charge on any atom is 0.224 e. The monoisotopic (exact) mass is 148 g/mol. The van der Waals surface area contributed by atoms with Crippen LogP contribution in [0.1, 0.15) is 27.2 Å². The van der Waals surface area contributed by atoms with Gasteiger partial charge in [0.25, 0.3) is 0 Å². The molecule has 0 bridgehead atoms. The van der Waals surface area contributed by atoms with Crippen LogP contribution in [0.2, 0.25) is 0 Å². The highest BCUT2D eigenvalue weighted by atomic mass is 35.5. The predicted molar refractivity (Wildman–Crippen MR) is 39.5 cm³/mol. The molecule has 1 nitrogen and oxygen atoms in total. The van der Waals surface area contributed by atoms with Crippen molar-refractivity contribution in [3.8, 4) is 0 Å². The average Bonchev–Trinajstić information content (AvgIpc) is 1.64. The molecule has 0 N–H and O–H groups in total. The first-order valence-electron chi connectivity index (χ1n) is 3.29. The predicted octanol–water partition coefficient (Wildman–Crippen LogP) is 2.43. The molecule has 0 aliphatic rings. The number of hydrogen-bond acceptors (Lipinski definition) is 1. The molecular weight excluding hydrogens is 136 g/mol. The maximum absolute atomic E-state index is 10.6. The van der Waals surface area contributed by atoms with Gasteiger partial charge >= 0.3 is 0 Å². The zero-order chi connectivity index (χ0) is 7.44. The van der Waals surface area contributed by atoms with E-state index in [-0.39, 0.29) is 11.2 Å². The maximum atomic E-state index is 10.6. The summed E-state index contributed by atoms with van der Waals surface area (Å²) in [7, 11) is 0. The van der Waals surface area contributed by atoms with E-state index in [0.717, 1.165) is 6.42 Å². The number of carbonyl (C=O) groups excluding carboxylic acids is 1. The topological polar surface area (TPSA) is 17.1 Å². The van der Waals surface area contributed by atoms with Gasteiger partial charge in [0.05, 0.1) is 0 Å². The Labute approximate surface area is 61.4 Å². The van der Waals surface area contributed by atoms with Crippen molar-refractivity contribution in [1.82, 2.24) is 0 Å². The number of rotatable bonds is 3. The van der Waals surface area contributed by atoms with Crippen molar-refractivity contribution >= 4 is 16.8 Å². The van der Waals surface area contributed by atoms with Gasteiger partial charge in [0, 0.05) is 5.92 Å². The second kappa shape index (κ2) is 3.89. The van der Waals surface area contributed by atoms with Gasteiger partial charge in [-0.2, -0.15) is 0 Å². The number of carbonyl (C=O) groups is 1. The molecule has 0 heterocycles. The second-order valence-corrected chi connectivity index (χ2v) is 2.94. The van der Waals surface area contributed by atoms with Crippen molar-refractivity contribution < 1.29 is 4.79 Å². The highest BCUT2D eigenvalue weighted by molar-refractivity contribution is 6.64. The van der Waals surface area contributed by atoms with Gasteiger partial charge in [-0.05, 0) is 23.9 Å². The van der Waals surface area contributed by atoms with Gasteiger partial charge in [0.1, 0.15) is 0 Å². The van der Waals surface area contributed by atoms with Crippen molar-refractivity contribution in [3.05, 3.63) is 0 Å². The molecular formula is C7H13ClO. The fraction of sp³-hybridized carbons (Fsp3) is 0.857. The van der Waals surface area contributed by atoms with E-state index in [2.05, 4.69) is 0 Å². The lowest BCUT2D eigenvalue weighted by Gasteiger charge is -2.12. The van der Waals surface area contributed by atoms with Crippen molar-refractivity contribution in [2.45, 2.75) is 27.2 Å². The molecule has 0 saturated carbocycles. The van der Waals surface area contributed by atoms with Gasteiger partial charge in [-0.3, -0.25) is 4.79 Å². The van der Waals surface area contributed by atoms with Crippen LogP contribution in [-0.4, -0.2) is 5.24 Å². The lowest BCUT2D eigenvalue weighted by Crippen LogP contribution is -2.13. The summed E-state index contributed by atoms with van der Waals surface area (Å²) in [6.45, 7) is 5.99. The van der Waals surface area contributed by atoms with E-state index in [1.807, 2.05) is 20.8 Å². The number of halogens is 1. The summed E-state index contributed by atoms with van der Waals surface area (Å²) in [6.07, 6.45) is 0.847. The molecule has 0 amide bonds. The van der Waals surface area contributed by atoms with Crippen LogP contribution in [0.3, 0.4) is 0 Å². The van der Waals surface area contributed by atoms with Crippen LogP contribution >= 0.6 is 11.6 Å². The van der Waals surface area contributed by atoms with E-state index in [4.69, 9.17) is 11.6 Å². The van der Waals surface area contributed by atoms with Crippen LogP contribution in [0.4, 0.5) is 0 Å². The molecule has 0 aliphatic carbocycles. The Balaban J connectivity index is 3.83. The molecule has 0 spiro atoms. The molecule has 0 aromatic rings. The Morgan fingerprint density at radius 3 is 2.00 bits per heavy atom. The normalized spacial score (nSPS) is 13.9. The van der Waals surface area contributed by atoms with Crippen LogP contribution in [0, 0.1) is 11.8 Å². The van der Waals surface area contributed by atoms with Gasteiger partial charge in [-0.25, -0.2) is 0 Å². The van der Waals surface area contributed by atoms with Gasteiger partial charge in [-0.1, -0.05) is 20.8 Å². The molecule has 0 rings (SSSR count). The van der Waals surface area contributed by atoms with Crippen LogP contribution < -0.4 is 0 Å². The van der Waals surface area contributed by atoms with Crippen molar-refractivity contribution in [2.24, 2.45) is 11.8 Å². The highest BCUT2D eigenvalue weighted by Gasteiger charge is 2.16. The SMILES string of the molecule is CCC(C(=O)Cl)C(C)C. The van der Waals surface area contributed by atoms with E-state index < -0.39 is 0 Å². The molecule has 0 radical (unpaired) electrons. The van der Waals surface area contributed by atoms with Gasteiger partial charge < -0.3 is 0 Å². The first kappa shape index (κ1) is 8.96. The summed E-state index contributed by atoms with van der Waals surface area (Å²) in [5.74, 6) is 0.423. The van der Waals surface area contributed by atoms with Crippen LogP contribution in [0.5, 0.6) is 0 Å². The summed E-state index contributed by atoms with van der Waals surface area (Å²) < 4.78 is 0. The molecule has 54 valence electrons. The third kappa shape index (κ3) is 2.85. The van der Waals surface area contributed by atoms with E-state index >= 15 is 0 Å². The van der Waals surface area contributed by atoms with Crippen molar-refractivity contribution in [3.63, 3.8) is 0 Å². The van der Waals surface area contributed by atoms with Crippen LogP contribution in [-0.2, 0) is 4.79 Å². The Kier molecular flexibility index (Phi) is 3.87. The zero-order valence-electron chi connectivity index (χ0n) is 6.15. The lowest BCUT2D eigenvalue weighted by molar-refractivity contribution is -0.116. The third-order valence-electron chi connectivity index (χ3n) is 1.54. The fourth-order valence-corrected chi connectivity index (χ4v) is 1.30. The Morgan fingerprint density at radius 2 is 2.00 bits per heavy atom. The molecule has 2 heteroatoms. The first-order chi connectivity index (χ1) is 4.09. The van der Waals surface area contributed by atoms with Gasteiger partial charge in [-0.15, -0.1) is 0 Å². The molecule has 0 aromatic heterocycles. The standard InChI is InChI=1S/C7H13ClO/c1-4-6(5(2)3)7(8)9/h5-6H,4H2,1-3H3. The van der Waals surface area contributed by atoms with Gasteiger partial charge in [0.2, 0.25) is 5.24 Å². The molecule has 1 unspecified atom stereocenters. The smallest absolute Gasteiger partial charge is 0.224 e. The van der Waals surface area contributed by atoms with E-state index in [9.17, 15) is 4.79 Å². The van der Waals surface area contributed by atoms with Gasteiger partial charge in [0.15, 0.2) is 0 Å². The minimum Gasteiger partial charge on any atom is -0.281 e. The summed E-state index contributed by atoms with van der Waals surface area (Å²) in [5.41, 5.74) is 0. The van der Waals surface area contributed by atoms with E-state index in [0.29, 0.717) is 5.92 Å². The van der Waals surface area contributed by atoms with Crippen LogP contribution in [0.25, 0.3) is 0 Å². The first-order valence-corrected chi connectivity index (χ1v) is 3.66. The largest absolute Gasteiger partial charge is 0.281 e. The Hall–Kier alpha value is -0.0400. The highest BCUT2D eigenvalue weighted by Crippen LogP contribution is 2.17. The van der Waals surface area contributed by atoms with Crippen molar-refractivity contribution in [1.29, 1.82) is 0 Å². The summed E-state index contributed by atoms with van der Waals surface area (Å²) in [4.78, 5) is 10.6. The molecule has 0 saturated heterocycles. The van der Waals surface area contributed by atoms with Crippen LogP contribution in [0.15, 0.2) is 0 Å². The minimum absolute atomic E-state index is 0.0478. The lowest BCUT2D eigenvalue weighted by atomic mass is 9.95. The summed E-state index contributed by atoms with van der Waals surface area (Å²) >= 11 is 5.30. The summed E-state index contributed by atoms with van der Waals surface area (Å²) in [6, 6.07) is 0. The average molecular weight is 149 g/mol. The molecule has 0 aliphatic heterocycles. The molecule has 0 fully saturated rings.